The first-order valence-electron chi connectivity index (χ1n) is 21.9. The minimum atomic E-state index is -10.2. The van der Waals surface area contributed by atoms with Crippen LogP contribution in [0.3, 0.4) is 0 Å². The molecule has 0 saturated carbocycles. The molecule has 0 saturated heterocycles. The molecule has 0 unspecified atom stereocenters. The Bertz CT molecular complexity index is 2700. The molecule has 681 valence electrons. The average molecular weight is 2070 g/mol. The molecular formula is C30ErF66O12P3. The first-order valence-corrected chi connectivity index (χ1v) is 26.7. The van der Waals surface area contributed by atoms with Crippen molar-refractivity contribution in [1.29, 1.82) is 0 Å². The Balaban J connectivity index is -0.000000778. The van der Waals surface area contributed by atoms with Gasteiger partial charge in [0.2, 0.25) is 0 Å². The topological polar surface area (TPSA) is 176 Å². The maximum absolute atomic E-state index is 13.5. The molecule has 0 aliphatic carbocycles. The first kappa shape index (κ1) is 115. The zero-order chi connectivity index (χ0) is 92.7. The number of alkyl halides is 66. The van der Waals surface area contributed by atoms with Gasteiger partial charge in [0.05, 0.1) is 0 Å². The molecule has 0 spiro atoms. The molecule has 0 aromatic rings. The molecule has 0 fully saturated rings. The summed E-state index contributed by atoms with van der Waals surface area (Å²) in [6.45, 7) is 0. The quantitative estimate of drug-likeness (QED) is 0.0661. The van der Waals surface area contributed by atoms with Crippen molar-refractivity contribution in [2.75, 3.05) is 0 Å². The zero-order valence-corrected chi connectivity index (χ0v) is 51.0. The van der Waals surface area contributed by atoms with Crippen molar-refractivity contribution in [2.24, 2.45) is 0 Å². The molecule has 0 aromatic heterocycles. The van der Waals surface area contributed by atoms with Gasteiger partial charge in [0.25, 0.3) is 0 Å². The van der Waals surface area contributed by atoms with E-state index in [0.29, 0.717) is 0 Å². The summed E-state index contributed by atoms with van der Waals surface area (Å²) >= 11 is 0. The van der Waals surface area contributed by atoms with Gasteiger partial charge in [-0.2, -0.15) is 290 Å². The largest absolute Gasteiger partial charge is 3.00 e. The summed E-state index contributed by atoms with van der Waals surface area (Å²) in [4.78, 5) is 32.9. The Hall–Kier alpha value is -3.04. The van der Waals surface area contributed by atoms with Gasteiger partial charge in [-0.05, 0) is 0 Å². The Labute approximate surface area is 585 Å². The second-order valence-electron chi connectivity index (χ2n) is 18.2. The van der Waals surface area contributed by atoms with E-state index in [1.165, 1.54) is 0 Å². The maximum atomic E-state index is 13.5. The van der Waals surface area contributed by atoms with Gasteiger partial charge in [-0.3, -0.25) is 28.4 Å². The van der Waals surface area contributed by atoms with Crippen LogP contribution in [0.2, 0.25) is 0 Å². The molecule has 0 heterocycles. The summed E-state index contributed by atoms with van der Waals surface area (Å²) in [5, 5.41) is 0. The number of halogens is 66. The molecule has 1 radical (unpaired) electrons. The normalized spacial score (nSPS) is 16.7. The fourth-order valence-electron chi connectivity index (χ4n) is 4.64. The molecule has 0 rings (SSSR count). The van der Waals surface area contributed by atoms with Crippen LogP contribution in [0.15, 0.2) is 0 Å². The van der Waals surface area contributed by atoms with E-state index in [2.05, 4.69) is 0 Å². The van der Waals surface area contributed by atoms with Crippen LogP contribution in [-0.2, 0) is 42.1 Å². The number of hydrogen-bond donors (Lipinski definition) is 0. The maximum Gasteiger partial charge on any atom is 3.00 e. The van der Waals surface area contributed by atoms with Crippen molar-refractivity contribution in [3.8, 4) is 0 Å². The Morgan fingerprint density at radius 1 is 0.143 bits per heavy atom. The monoisotopic (exact) mass is 2060 g/mol. The second kappa shape index (κ2) is 30.6. The van der Waals surface area contributed by atoms with Crippen molar-refractivity contribution < 1.29 is 384 Å². The van der Waals surface area contributed by atoms with Crippen LogP contribution in [0.4, 0.5) is 290 Å². The SMILES string of the molecule is O=P([O-])(C(F)(F)C(F)(F)OC(F)(C(F)(F)F)C(F)(F)F)C(F)(F)C(F)(F)OC(F)(C(F)(F)F)C(F)(F)F.O=P([O-])(C(F)(F)C(F)(F)OC(F)(C(F)(F)F)C(F)(F)F)C(F)(F)C(F)(F)OC(F)(C(F)(F)F)C(F)(F)F.O=P([O-])(C(F)(F)C(F)(F)OC(F)(C(F)(F)F)C(F)(F)F)C(F)(F)C(F)(F)OC(F)(C(F)(F)F)C(F)(F)F.[Er+3]. The van der Waals surface area contributed by atoms with E-state index in [4.69, 9.17) is 0 Å². The van der Waals surface area contributed by atoms with Gasteiger partial charge >= 0.3 is 217 Å². The molecule has 12 nitrogen and oxygen atoms in total. The number of hydrogen-bond acceptors (Lipinski definition) is 12. The van der Waals surface area contributed by atoms with E-state index < -0.39 is 202 Å². The van der Waals surface area contributed by atoms with Crippen LogP contribution in [0.5, 0.6) is 0 Å². The van der Waals surface area contributed by atoms with Gasteiger partial charge in [0.15, 0.2) is 22.1 Å². The van der Waals surface area contributed by atoms with Crippen molar-refractivity contribution in [3.05, 3.63) is 0 Å². The van der Waals surface area contributed by atoms with Gasteiger partial charge < -0.3 is 28.4 Å². The Morgan fingerprint density at radius 2 is 0.196 bits per heavy atom. The van der Waals surface area contributed by atoms with E-state index >= 15 is 0 Å². The summed E-state index contributed by atoms with van der Waals surface area (Å²) in [6.07, 6.45) is -146. The van der Waals surface area contributed by atoms with E-state index in [1.807, 2.05) is 0 Å². The predicted octanol–water partition coefficient (Wildman–Crippen LogP) is 19.8. The predicted molar refractivity (Wildman–Crippen MR) is 184 cm³/mol. The van der Waals surface area contributed by atoms with Crippen LogP contribution in [-0.4, -0.2) is 180 Å². The molecule has 82 heteroatoms. The molecule has 0 amide bonds. The fourth-order valence-corrected chi connectivity index (χ4v) is 8.03. The van der Waals surface area contributed by atoms with Crippen LogP contribution in [0.1, 0.15) is 0 Å². The van der Waals surface area contributed by atoms with Crippen LogP contribution in [0.25, 0.3) is 0 Å². The van der Waals surface area contributed by atoms with Crippen LogP contribution < -0.4 is 14.7 Å². The molecule has 0 aromatic carbocycles. The van der Waals surface area contributed by atoms with Gasteiger partial charge in [0.1, 0.15) is 0 Å². The van der Waals surface area contributed by atoms with Crippen molar-refractivity contribution in [3.63, 3.8) is 0 Å². The number of ether oxygens (including phenoxy) is 6. The summed E-state index contributed by atoms with van der Waals surface area (Å²) in [5.41, 5.74) is -52.1. The van der Waals surface area contributed by atoms with Crippen molar-refractivity contribution in [1.82, 2.24) is 0 Å². The molecule has 0 aliphatic heterocycles. The third kappa shape index (κ3) is 19.4. The summed E-state index contributed by atoms with van der Waals surface area (Å²) in [6, 6.07) is 0. The first-order chi connectivity index (χ1) is 46.2. The van der Waals surface area contributed by atoms with Crippen molar-refractivity contribution in [2.45, 2.75) is 180 Å². The second-order valence-corrected chi connectivity index (χ2v) is 24.8. The third-order valence-corrected chi connectivity index (χ3v) is 16.3. The van der Waals surface area contributed by atoms with E-state index in [0.717, 1.165) is 28.4 Å². The van der Waals surface area contributed by atoms with Gasteiger partial charge in [-0.15, -0.1) is 0 Å². The molecule has 0 N–H and O–H groups in total. The number of rotatable bonds is 24. The van der Waals surface area contributed by atoms with E-state index in [-0.39, 0.29) is 37.3 Å². The minimum absolute atomic E-state index is 0. The van der Waals surface area contributed by atoms with Gasteiger partial charge in [-0.25, -0.2) is 0 Å². The van der Waals surface area contributed by atoms with E-state index in [9.17, 15) is 318 Å². The van der Waals surface area contributed by atoms with Crippen molar-refractivity contribution >= 4 is 22.1 Å². The summed E-state index contributed by atoms with van der Waals surface area (Å²) in [7, 11) is -30.6. The van der Waals surface area contributed by atoms with Gasteiger partial charge in [-0.1, -0.05) is 0 Å². The van der Waals surface area contributed by atoms with E-state index in [1.54, 1.807) is 0 Å². The van der Waals surface area contributed by atoms with Gasteiger partial charge in [0, 0.05) is 0 Å². The fraction of sp³-hybridized carbons (Fsp3) is 1.00. The van der Waals surface area contributed by atoms with Crippen LogP contribution in [0, 0.1) is 37.3 Å². The molecule has 112 heavy (non-hydrogen) atoms. The Kier molecular flexibility index (Phi) is 31.5. The zero-order valence-electron chi connectivity index (χ0n) is 46.5. The Morgan fingerprint density at radius 3 is 0.241 bits per heavy atom. The third-order valence-electron chi connectivity index (χ3n) is 10.3. The molecule has 0 bridgehead atoms. The standard InChI is InChI=1S/3C10HF22O4P.Er/c3*11-1(3(13,14)15,4(16,17)18)35-7(25,26)9(29,30)37(33,34)10(31,32)8(27,28)36-2(12,5(19,20)21)6(22,23)24;/h3*(H,33,34);/q;;;+3/p-3. The minimum Gasteiger partial charge on any atom is -0.790 e. The van der Waals surface area contributed by atoms with Crippen LogP contribution >= 0.6 is 22.1 Å². The smallest absolute Gasteiger partial charge is 0.790 e. The summed E-state index contributed by atoms with van der Waals surface area (Å²) < 4.78 is 876. The molecule has 0 aliphatic rings. The summed E-state index contributed by atoms with van der Waals surface area (Å²) in [5.74, 6) is -48.7. The molecular weight excluding hydrogens is 2070 g/mol. The average Bonchev–Trinajstić information content (AvgIpc) is 0.711. The molecule has 0 atom stereocenters.